The number of carbonyl (C=O) groups excluding carboxylic acids is 1. The first-order valence-corrected chi connectivity index (χ1v) is 8.55. The van der Waals surface area contributed by atoms with Crippen molar-refractivity contribution in [1.82, 2.24) is 15.1 Å². The van der Waals surface area contributed by atoms with E-state index in [1.165, 1.54) is 0 Å². The number of aromatic amines is 1. The topological polar surface area (TPSA) is 67.5 Å². The average Bonchev–Trinajstić information content (AvgIpc) is 2.95. The number of hydrogen-bond donors (Lipinski definition) is 1. The summed E-state index contributed by atoms with van der Waals surface area (Å²) < 4.78 is 11.0. The van der Waals surface area contributed by atoms with Crippen LogP contribution in [-0.2, 0) is 4.74 Å². The summed E-state index contributed by atoms with van der Waals surface area (Å²) in [5.74, 6) is 0.492. The van der Waals surface area contributed by atoms with E-state index in [-0.39, 0.29) is 11.9 Å². The number of nitrogens with one attached hydrogen (secondary N) is 1. The maximum absolute atomic E-state index is 13.0. The van der Waals surface area contributed by atoms with E-state index in [1.807, 2.05) is 45.9 Å². The second kappa shape index (κ2) is 8.67. The van der Waals surface area contributed by atoms with Crippen molar-refractivity contribution in [1.29, 1.82) is 0 Å². The van der Waals surface area contributed by atoms with Crippen molar-refractivity contribution < 1.29 is 14.3 Å². The molecule has 0 aliphatic rings. The molecular weight excluding hydrogens is 318 g/mol. The van der Waals surface area contributed by atoms with Gasteiger partial charge in [-0.3, -0.25) is 9.89 Å². The number of rotatable bonds is 8. The zero-order chi connectivity index (χ0) is 18.4. The molecule has 1 aromatic carbocycles. The molecule has 1 aromatic heterocycles. The van der Waals surface area contributed by atoms with Crippen molar-refractivity contribution in [2.75, 3.05) is 26.9 Å². The number of amides is 1. The van der Waals surface area contributed by atoms with Crippen LogP contribution in [0.2, 0.25) is 0 Å². The normalized spacial score (nSPS) is 12.0. The molecule has 1 heterocycles. The highest BCUT2D eigenvalue weighted by atomic mass is 16.5. The lowest BCUT2D eigenvalue weighted by Gasteiger charge is -2.26. The second-order valence-corrected chi connectivity index (χ2v) is 5.98. The van der Waals surface area contributed by atoms with Crippen LogP contribution >= 0.6 is 0 Å². The lowest BCUT2D eigenvalue weighted by Crippen LogP contribution is -2.30. The van der Waals surface area contributed by atoms with Gasteiger partial charge >= 0.3 is 0 Å². The van der Waals surface area contributed by atoms with Gasteiger partial charge in [-0.2, -0.15) is 5.10 Å². The summed E-state index contributed by atoms with van der Waals surface area (Å²) in [6.45, 7) is 9.41. The third kappa shape index (κ3) is 4.39. The molecule has 0 bridgehead atoms. The van der Waals surface area contributed by atoms with E-state index in [1.54, 1.807) is 18.0 Å². The van der Waals surface area contributed by atoms with Gasteiger partial charge in [0.1, 0.15) is 12.4 Å². The third-order valence-corrected chi connectivity index (χ3v) is 4.31. The number of hydrogen-bond acceptors (Lipinski definition) is 4. The Morgan fingerprint density at radius 1 is 1.28 bits per heavy atom. The first kappa shape index (κ1) is 19.0. The molecule has 1 unspecified atom stereocenters. The van der Waals surface area contributed by atoms with Crippen LogP contribution in [0.25, 0.3) is 0 Å². The smallest absolute Gasteiger partial charge is 0.257 e. The molecule has 6 nitrogen and oxygen atoms in total. The zero-order valence-corrected chi connectivity index (χ0v) is 15.6. The summed E-state index contributed by atoms with van der Waals surface area (Å²) in [7, 11) is 1.80. The zero-order valence-electron chi connectivity index (χ0n) is 15.6. The van der Waals surface area contributed by atoms with Crippen LogP contribution in [0.1, 0.15) is 47.2 Å². The highest BCUT2D eigenvalue weighted by Gasteiger charge is 2.25. The number of H-pyrrole nitrogens is 1. The summed E-state index contributed by atoms with van der Waals surface area (Å²) in [4.78, 5) is 14.7. The van der Waals surface area contributed by atoms with Gasteiger partial charge in [-0.1, -0.05) is 12.1 Å². The number of carbonyl (C=O) groups is 1. The predicted molar refractivity (Wildman–Crippen MR) is 97.0 cm³/mol. The molecule has 25 heavy (non-hydrogen) atoms. The Balaban J connectivity index is 2.16. The summed E-state index contributed by atoms with van der Waals surface area (Å²) >= 11 is 0. The van der Waals surface area contributed by atoms with Crippen LogP contribution in [0.4, 0.5) is 0 Å². The second-order valence-electron chi connectivity index (χ2n) is 5.98. The highest BCUT2D eigenvalue weighted by Crippen LogP contribution is 2.27. The van der Waals surface area contributed by atoms with Crippen molar-refractivity contribution in [3.63, 3.8) is 0 Å². The Bertz CT molecular complexity index is 692. The minimum atomic E-state index is -0.0947. The molecule has 0 fully saturated rings. The fourth-order valence-corrected chi connectivity index (χ4v) is 2.86. The number of benzene rings is 1. The lowest BCUT2D eigenvalue weighted by molar-refractivity contribution is 0.0732. The molecule has 0 saturated heterocycles. The molecule has 0 radical (unpaired) electrons. The Morgan fingerprint density at radius 3 is 2.64 bits per heavy atom. The van der Waals surface area contributed by atoms with E-state index in [4.69, 9.17) is 9.47 Å². The Labute approximate surface area is 149 Å². The number of para-hydroxylation sites is 1. The maximum Gasteiger partial charge on any atom is 0.257 e. The first-order valence-electron chi connectivity index (χ1n) is 8.55. The molecule has 0 spiro atoms. The summed E-state index contributed by atoms with van der Waals surface area (Å²) in [6, 6.07) is 7.21. The first-order chi connectivity index (χ1) is 12.0. The Kier molecular flexibility index (Phi) is 6.58. The van der Waals surface area contributed by atoms with E-state index in [2.05, 4.69) is 10.2 Å². The van der Waals surface area contributed by atoms with Gasteiger partial charge in [0.2, 0.25) is 0 Å². The van der Waals surface area contributed by atoms with Crippen LogP contribution in [0.3, 0.4) is 0 Å². The van der Waals surface area contributed by atoms with Crippen molar-refractivity contribution in [2.45, 2.75) is 33.7 Å². The van der Waals surface area contributed by atoms with Crippen LogP contribution in [0, 0.1) is 13.8 Å². The summed E-state index contributed by atoms with van der Waals surface area (Å²) in [5, 5.41) is 7.20. The van der Waals surface area contributed by atoms with Crippen LogP contribution in [0.5, 0.6) is 5.75 Å². The fourth-order valence-electron chi connectivity index (χ4n) is 2.86. The van der Waals surface area contributed by atoms with E-state index in [0.29, 0.717) is 31.1 Å². The minimum Gasteiger partial charge on any atom is -0.490 e. The summed E-state index contributed by atoms with van der Waals surface area (Å²) in [6.07, 6.45) is 0. The third-order valence-electron chi connectivity index (χ3n) is 4.31. The number of ether oxygens (including phenoxy) is 2. The molecule has 2 rings (SSSR count). The van der Waals surface area contributed by atoms with Crippen molar-refractivity contribution in [2.24, 2.45) is 0 Å². The van der Waals surface area contributed by atoms with E-state index in [0.717, 1.165) is 17.0 Å². The van der Waals surface area contributed by atoms with E-state index >= 15 is 0 Å². The van der Waals surface area contributed by atoms with Crippen LogP contribution in [0.15, 0.2) is 24.3 Å². The molecule has 1 amide bonds. The predicted octanol–water partition coefficient (Wildman–Crippen LogP) is 3.28. The molecule has 1 N–H and O–H groups in total. The van der Waals surface area contributed by atoms with Crippen molar-refractivity contribution >= 4 is 5.91 Å². The Morgan fingerprint density at radius 2 is 2.00 bits per heavy atom. The fraction of sp³-hybridized carbons (Fsp3) is 0.474. The SMILES string of the molecule is CCOCCOc1ccccc1C(=O)N(C)C(C)c1c(C)n[nH]c1C. The van der Waals surface area contributed by atoms with Crippen LogP contribution in [-0.4, -0.2) is 47.9 Å². The van der Waals surface area contributed by atoms with Crippen molar-refractivity contribution in [3.05, 3.63) is 46.8 Å². The molecule has 6 heteroatoms. The van der Waals surface area contributed by atoms with Gasteiger partial charge in [-0.15, -0.1) is 0 Å². The van der Waals surface area contributed by atoms with Gasteiger partial charge < -0.3 is 14.4 Å². The van der Waals surface area contributed by atoms with Gasteiger partial charge in [0, 0.05) is 24.9 Å². The number of aryl methyl sites for hydroxylation is 2. The van der Waals surface area contributed by atoms with Crippen LogP contribution < -0.4 is 4.74 Å². The largest absolute Gasteiger partial charge is 0.490 e. The van der Waals surface area contributed by atoms with Gasteiger partial charge in [0.25, 0.3) is 5.91 Å². The molecule has 1 atom stereocenters. The van der Waals surface area contributed by atoms with Gasteiger partial charge in [0.15, 0.2) is 0 Å². The summed E-state index contributed by atoms with van der Waals surface area (Å²) in [5.41, 5.74) is 3.48. The van der Waals surface area contributed by atoms with E-state index < -0.39 is 0 Å². The molecular formula is C19H27N3O3. The number of aromatic nitrogens is 2. The molecule has 0 aliphatic heterocycles. The van der Waals surface area contributed by atoms with Gasteiger partial charge in [-0.05, 0) is 39.8 Å². The lowest BCUT2D eigenvalue weighted by atomic mass is 10.0. The standard InChI is InChI=1S/C19H27N3O3/c1-6-24-11-12-25-17-10-8-7-9-16(17)19(23)22(5)15(4)18-13(2)20-21-14(18)3/h7-10,15H,6,11-12H2,1-5H3,(H,20,21). The highest BCUT2D eigenvalue weighted by molar-refractivity contribution is 5.97. The van der Waals surface area contributed by atoms with Gasteiger partial charge in [0.05, 0.1) is 23.9 Å². The maximum atomic E-state index is 13.0. The number of nitrogens with zero attached hydrogens (tertiary/aromatic N) is 2. The molecule has 2 aromatic rings. The molecule has 0 aliphatic carbocycles. The average molecular weight is 345 g/mol. The Hall–Kier alpha value is -2.34. The van der Waals surface area contributed by atoms with Crippen molar-refractivity contribution in [3.8, 4) is 5.75 Å². The molecule has 136 valence electrons. The monoisotopic (exact) mass is 345 g/mol. The van der Waals surface area contributed by atoms with Gasteiger partial charge in [-0.25, -0.2) is 0 Å². The minimum absolute atomic E-state index is 0.0838. The quantitative estimate of drug-likeness (QED) is 0.746. The van der Waals surface area contributed by atoms with E-state index in [9.17, 15) is 4.79 Å². The molecule has 0 saturated carbocycles.